The minimum absolute atomic E-state index is 0.0486. The fraction of sp³-hybridized carbons (Fsp3) is 0.400. The number of aromatic hydroxyl groups is 2. The Kier molecular flexibility index (Phi) is 2.93. The van der Waals surface area contributed by atoms with Gasteiger partial charge in [-0.1, -0.05) is 0 Å². The predicted octanol–water partition coefficient (Wildman–Crippen LogP) is 1.04. The molecule has 6 heteroatoms. The molecule has 0 spiro atoms. The first-order chi connectivity index (χ1) is 7.61. The van der Waals surface area contributed by atoms with E-state index in [0.29, 0.717) is 13.2 Å². The third kappa shape index (κ3) is 1.81. The second-order valence-electron chi connectivity index (χ2n) is 3.54. The SMILES string of the molecule is Oc1c(F)cc(C2COCCN2)c(O)c1F. The molecule has 1 unspecified atom stereocenters. The lowest BCUT2D eigenvalue weighted by molar-refractivity contribution is 0.0757. The summed E-state index contributed by atoms with van der Waals surface area (Å²) >= 11 is 0. The van der Waals surface area contributed by atoms with Crippen molar-refractivity contribution in [3.05, 3.63) is 23.3 Å². The molecule has 2 rings (SSSR count). The Balaban J connectivity index is 2.40. The zero-order chi connectivity index (χ0) is 11.7. The lowest BCUT2D eigenvalue weighted by atomic mass is 10.0. The van der Waals surface area contributed by atoms with E-state index in [-0.39, 0.29) is 12.2 Å². The average molecular weight is 231 g/mol. The summed E-state index contributed by atoms with van der Waals surface area (Å²) < 4.78 is 31.4. The Hall–Kier alpha value is -1.40. The third-order valence-electron chi connectivity index (χ3n) is 2.49. The van der Waals surface area contributed by atoms with Crippen LogP contribution in [-0.4, -0.2) is 30.0 Å². The smallest absolute Gasteiger partial charge is 0.209 e. The van der Waals surface area contributed by atoms with Gasteiger partial charge in [-0.15, -0.1) is 0 Å². The molecule has 4 nitrogen and oxygen atoms in total. The van der Waals surface area contributed by atoms with Crippen LogP contribution in [0.4, 0.5) is 8.78 Å². The zero-order valence-electron chi connectivity index (χ0n) is 8.33. The molecular weight excluding hydrogens is 220 g/mol. The summed E-state index contributed by atoms with van der Waals surface area (Å²) in [5.74, 6) is -4.36. The molecule has 3 N–H and O–H groups in total. The highest BCUT2D eigenvalue weighted by Gasteiger charge is 2.24. The van der Waals surface area contributed by atoms with Crippen LogP contribution in [0, 0.1) is 11.6 Å². The van der Waals surface area contributed by atoms with E-state index in [9.17, 15) is 13.9 Å². The first-order valence-electron chi connectivity index (χ1n) is 4.82. The Morgan fingerprint density at radius 2 is 2.06 bits per heavy atom. The fourth-order valence-electron chi connectivity index (χ4n) is 1.65. The summed E-state index contributed by atoms with van der Waals surface area (Å²) in [6.07, 6.45) is 0. The van der Waals surface area contributed by atoms with Gasteiger partial charge in [-0.3, -0.25) is 0 Å². The fourth-order valence-corrected chi connectivity index (χ4v) is 1.65. The van der Waals surface area contributed by atoms with E-state index in [2.05, 4.69) is 5.32 Å². The summed E-state index contributed by atoms with van der Waals surface area (Å²) in [5.41, 5.74) is 0.0486. The van der Waals surface area contributed by atoms with Crippen molar-refractivity contribution >= 4 is 0 Å². The van der Waals surface area contributed by atoms with E-state index in [1.165, 1.54) is 0 Å². The number of halogens is 2. The molecule has 1 aliphatic rings. The Bertz CT molecular complexity index is 406. The number of phenolic OH excluding ortho intramolecular Hbond substituents is 2. The molecule has 1 atom stereocenters. The van der Waals surface area contributed by atoms with Gasteiger partial charge in [-0.25, -0.2) is 4.39 Å². The van der Waals surface area contributed by atoms with Gasteiger partial charge in [0.25, 0.3) is 0 Å². The van der Waals surface area contributed by atoms with Gasteiger partial charge in [-0.2, -0.15) is 4.39 Å². The molecule has 0 saturated carbocycles. The van der Waals surface area contributed by atoms with Gasteiger partial charge in [0.05, 0.1) is 19.3 Å². The quantitative estimate of drug-likeness (QED) is 0.675. The topological polar surface area (TPSA) is 61.7 Å². The minimum atomic E-state index is -1.35. The summed E-state index contributed by atoms with van der Waals surface area (Å²) in [7, 11) is 0. The molecule has 0 bridgehead atoms. The molecule has 0 amide bonds. The summed E-state index contributed by atoms with van der Waals surface area (Å²) in [6.45, 7) is 1.27. The number of ether oxygens (including phenoxy) is 1. The van der Waals surface area contributed by atoms with Crippen LogP contribution in [0.15, 0.2) is 6.07 Å². The van der Waals surface area contributed by atoms with Gasteiger partial charge in [-0.05, 0) is 6.07 Å². The standard InChI is InChI=1S/C10H11F2NO3/c11-6-3-5(7-4-16-2-1-13-7)9(14)8(12)10(6)15/h3,7,13-15H,1-2,4H2. The molecule has 0 radical (unpaired) electrons. The van der Waals surface area contributed by atoms with Crippen LogP contribution >= 0.6 is 0 Å². The van der Waals surface area contributed by atoms with Crippen molar-refractivity contribution in [1.29, 1.82) is 0 Å². The van der Waals surface area contributed by atoms with Crippen LogP contribution in [-0.2, 0) is 4.74 Å². The second kappa shape index (κ2) is 4.23. The monoisotopic (exact) mass is 231 g/mol. The summed E-state index contributed by atoms with van der Waals surface area (Å²) in [4.78, 5) is 0. The van der Waals surface area contributed by atoms with Crippen molar-refractivity contribution in [3.63, 3.8) is 0 Å². The Morgan fingerprint density at radius 1 is 1.31 bits per heavy atom. The van der Waals surface area contributed by atoms with Gasteiger partial charge in [0.2, 0.25) is 5.82 Å². The molecule has 0 aliphatic carbocycles. The van der Waals surface area contributed by atoms with Gasteiger partial charge < -0.3 is 20.3 Å². The van der Waals surface area contributed by atoms with Gasteiger partial charge in [0, 0.05) is 12.1 Å². The maximum atomic E-state index is 13.2. The van der Waals surface area contributed by atoms with Crippen molar-refractivity contribution in [2.45, 2.75) is 6.04 Å². The van der Waals surface area contributed by atoms with Crippen molar-refractivity contribution in [2.24, 2.45) is 0 Å². The van der Waals surface area contributed by atoms with E-state index in [0.717, 1.165) is 6.07 Å². The van der Waals surface area contributed by atoms with E-state index in [4.69, 9.17) is 9.84 Å². The average Bonchev–Trinajstić information content (AvgIpc) is 2.32. The lowest BCUT2D eigenvalue weighted by Gasteiger charge is -2.25. The normalized spacial score (nSPS) is 21.0. The van der Waals surface area contributed by atoms with Crippen LogP contribution in [0.2, 0.25) is 0 Å². The molecule has 16 heavy (non-hydrogen) atoms. The van der Waals surface area contributed by atoms with Crippen LogP contribution in [0.1, 0.15) is 11.6 Å². The van der Waals surface area contributed by atoms with Crippen molar-refractivity contribution in [2.75, 3.05) is 19.8 Å². The number of hydrogen-bond acceptors (Lipinski definition) is 4. The summed E-state index contributed by atoms with van der Waals surface area (Å²) in [6, 6.07) is 0.429. The molecule has 1 saturated heterocycles. The number of nitrogens with one attached hydrogen (secondary N) is 1. The third-order valence-corrected chi connectivity index (χ3v) is 2.49. The highest BCUT2D eigenvalue weighted by atomic mass is 19.1. The summed E-state index contributed by atoms with van der Waals surface area (Å²) in [5, 5.41) is 21.4. The predicted molar refractivity (Wildman–Crippen MR) is 51.3 cm³/mol. The molecule has 1 aromatic rings. The minimum Gasteiger partial charge on any atom is -0.504 e. The van der Waals surface area contributed by atoms with Crippen LogP contribution < -0.4 is 5.32 Å². The number of morpholine rings is 1. The van der Waals surface area contributed by atoms with Crippen LogP contribution in [0.25, 0.3) is 0 Å². The first kappa shape index (κ1) is 11.1. The highest BCUT2D eigenvalue weighted by Crippen LogP contribution is 2.35. The number of phenols is 2. The molecule has 0 aromatic heterocycles. The van der Waals surface area contributed by atoms with Crippen molar-refractivity contribution in [3.8, 4) is 11.5 Å². The van der Waals surface area contributed by atoms with Crippen LogP contribution in [0.5, 0.6) is 11.5 Å². The Morgan fingerprint density at radius 3 is 2.69 bits per heavy atom. The van der Waals surface area contributed by atoms with Gasteiger partial charge >= 0.3 is 0 Å². The number of hydrogen-bond donors (Lipinski definition) is 3. The van der Waals surface area contributed by atoms with E-state index in [1.54, 1.807) is 0 Å². The maximum Gasteiger partial charge on any atom is 0.209 e. The molecule has 88 valence electrons. The van der Waals surface area contributed by atoms with Crippen molar-refractivity contribution in [1.82, 2.24) is 5.32 Å². The zero-order valence-corrected chi connectivity index (χ0v) is 8.33. The van der Waals surface area contributed by atoms with Crippen LogP contribution in [0.3, 0.4) is 0 Å². The second-order valence-corrected chi connectivity index (χ2v) is 3.54. The van der Waals surface area contributed by atoms with Gasteiger partial charge in [0.1, 0.15) is 0 Å². The van der Waals surface area contributed by atoms with E-state index >= 15 is 0 Å². The number of benzene rings is 1. The largest absolute Gasteiger partial charge is 0.504 e. The van der Waals surface area contributed by atoms with Crippen molar-refractivity contribution < 1.29 is 23.7 Å². The molecule has 1 aliphatic heterocycles. The molecule has 1 fully saturated rings. The molecule has 1 heterocycles. The Labute approximate surface area is 90.5 Å². The van der Waals surface area contributed by atoms with Gasteiger partial charge in [0.15, 0.2) is 17.3 Å². The number of rotatable bonds is 1. The molecular formula is C10H11F2NO3. The molecule has 1 aromatic carbocycles. The first-order valence-corrected chi connectivity index (χ1v) is 4.82. The van der Waals surface area contributed by atoms with E-state index < -0.39 is 29.2 Å². The lowest BCUT2D eigenvalue weighted by Crippen LogP contribution is -2.34. The maximum absolute atomic E-state index is 13.2. The highest BCUT2D eigenvalue weighted by molar-refractivity contribution is 5.43. The van der Waals surface area contributed by atoms with E-state index in [1.807, 2.05) is 0 Å².